The van der Waals surface area contributed by atoms with E-state index in [9.17, 15) is 10.2 Å². The number of allylic oxidation sites excluding steroid dienone is 2. The molecule has 0 spiro atoms. The molecule has 7 heteroatoms. The number of aromatic hydroxyl groups is 2. The number of fused-ring (bicyclic) bond motifs is 1. The molecule has 0 saturated carbocycles. The minimum atomic E-state index is -0.833. The van der Waals surface area contributed by atoms with E-state index in [-0.39, 0.29) is 37.5 Å². The fraction of sp³-hybridized carbons (Fsp3) is 0.0833. The molecule has 31 heavy (non-hydrogen) atoms. The zero-order valence-corrected chi connectivity index (χ0v) is 17.9. The van der Waals surface area contributed by atoms with Gasteiger partial charge in [-0.15, -0.1) is 23.3 Å². The molecule has 0 aliphatic carbocycles. The fourth-order valence-electron chi connectivity index (χ4n) is 2.01. The minimum absolute atomic E-state index is 0. The molecule has 1 radical (unpaired) electrons. The van der Waals surface area contributed by atoms with Gasteiger partial charge in [-0.2, -0.15) is 6.92 Å². The van der Waals surface area contributed by atoms with Crippen LogP contribution in [-0.4, -0.2) is 33.1 Å². The van der Waals surface area contributed by atoms with Gasteiger partial charge in [0.25, 0.3) is 5.97 Å². The largest absolute Gasteiger partial charge is 2.00 e. The third-order valence-electron chi connectivity index (χ3n) is 3.21. The summed E-state index contributed by atoms with van der Waals surface area (Å²) in [5, 5.41) is 27.0. The Morgan fingerprint density at radius 3 is 2.13 bits per heavy atom. The molecule has 3 aromatic rings. The van der Waals surface area contributed by atoms with Crippen molar-refractivity contribution in [2.24, 2.45) is 0 Å². The number of phenols is 2. The summed E-state index contributed by atoms with van der Waals surface area (Å²) in [6.45, 7) is 11.6. The van der Waals surface area contributed by atoms with E-state index >= 15 is 0 Å². The van der Waals surface area contributed by atoms with E-state index < -0.39 is 5.97 Å². The van der Waals surface area contributed by atoms with Crippen molar-refractivity contribution in [1.82, 2.24) is 4.98 Å². The molecule has 163 valence electrons. The maximum atomic E-state index is 9.31. The number of phenolic OH excluding ortho intramolecular Hbond substituents is 2. The second kappa shape index (κ2) is 18.5. The first-order chi connectivity index (χ1) is 13.9. The molecule has 0 saturated heterocycles. The van der Waals surface area contributed by atoms with Crippen LogP contribution in [0.25, 0.3) is 17.0 Å². The number of para-hydroxylation sites is 1. The number of hydrogen-bond donors (Lipinski definition) is 3. The normalized spacial score (nSPS) is 8.55. The van der Waals surface area contributed by atoms with Crippen molar-refractivity contribution in [2.75, 3.05) is 0 Å². The van der Waals surface area contributed by atoms with Crippen molar-refractivity contribution in [3.8, 4) is 11.5 Å². The van der Waals surface area contributed by atoms with Crippen LogP contribution >= 0.6 is 0 Å². The van der Waals surface area contributed by atoms with Crippen LogP contribution < -0.4 is 0 Å². The van der Waals surface area contributed by atoms with Crippen LogP contribution in [0, 0.1) is 6.92 Å². The number of benzene rings is 2. The summed E-state index contributed by atoms with van der Waals surface area (Å²) in [5.41, 5.74) is 2.22. The Balaban J connectivity index is -0.000000386. The van der Waals surface area contributed by atoms with Crippen LogP contribution in [0.2, 0.25) is 0 Å². The number of rotatable bonds is 2. The number of aliphatic carboxylic acids is 1. The molecule has 3 rings (SSSR count). The average Bonchev–Trinajstić information content (AvgIpc) is 2.71. The Kier molecular flexibility index (Phi) is 19.3. The smallest absolute Gasteiger partial charge is 0.565 e. The topological polar surface area (TPSA) is 108 Å². The molecule has 0 aliphatic heterocycles. The van der Waals surface area contributed by atoms with Gasteiger partial charge in [0.05, 0.1) is 0 Å². The number of hydrogen-bond acceptors (Lipinski definition) is 5. The first kappa shape index (κ1) is 32.2. The van der Waals surface area contributed by atoms with E-state index in [1.165, 1.54) is 0 Å². The van der Waals surface area contributed by atoms with E-state index in [2.05, 4.69) is 25.3 Å². The maximum absolute atomic E-state index is 9.31. The summed E-state index contributed by atoms with van der Waals surface area (Å²) in [4.78, 5) is 20.8. The van der Waals surface area contributed by atoms with Crippen molar-refractivity contribution in [1.29, 1.82) is 0 Å². The Morgan fingerprint density at radius 1 is 1.06 bits per heavy atom. The summed E-state index contributed by atoms with van der Waals surface area (Å²) in [5.74, 6) is -0.371. The predicted octanol–water partition coefficient (Wildman–Crippen LogP) is 5.16. The molecular formula is C24H27NO5V. The molecule has 0 atom stereocenters. The van der Waals surface area contributed by atoms with Gasteiger partial charge in [0, 0.05) is 24.3 Å². The Hall–Kier alpha value is -3.48. The number of carbonyl (C=O) groups is 1. The van der Waals surface area contributed by atoms with Crippen molar-refractivity contribution in [2.45, 2.75) is 14.4 Å². The first-order valence-corrected chi connectivity index (χ1v) is 8.25. The van der Waals surface area contributed by atoms with Gasteiger partial charge in [0.15, 0.2) is 0 Å². The van der Waals surface area contributed by atoms with Crippen molar-refractivity contribution in [3.63, 3.8) is 0 Å². The summed E-state index contributed by atoms with van der Waals surface area (Å²) in [6, 6.07) is 14.4. The SMILES string of the molecule is C.C=C/C=C\c1cccc(O)c1[CH2-].CC(=O)O.Oc1cccc2cccnc12.[CH-]=O.[V+2]. The van der Waals surface area contributed by atoms with Gasteiger partial charge in [-0.05, 0) is 12.1 Å². The number of pyridine rings is 1. The third-order valence-corrected chi connectivity index (χ3v) is 3.21. The third kappa shape index (κ3) is 12.6. The molecule has 6 nitrogen and oxygen atoms in total. The Labute approximate surface area is 195 Å². The molecule has 0 bridgehead atoms. The zero-order valence-electron chi connectivity index (χ0n) is 16.5. The number of aromatic nitrogens is 1. The van der Waals surface area contributed by atoms with Gasteiger partial charge in [-0.1, -0.05) is 56.5 Å². The maximum Gasteiger partial charge on any atom is 2.00 e. The fourth-order valence-corrected chi connectivity index (χ4v) is 2.01. The summed E-state index contributed by atoms with van der Waals surface area (Å²) < 4.78 is 0. The summed E-state index contributed by atoms with van der Waals surface area (Å²) in [6.07, 6.45) is 7.02. The first-order valence-electron chi connectivity index (χ1n) is 8.25. The Morgan fingerprint density at radius 2 is 1.58 bits per heavy atom. The standard InChI is InChI=1S/C11H11O.C9H7NO.C2H4O2.CHO.CH4.V/c1-3-4-6-10-7-5-8-11(12)9(10)2;11-8-5-1-3-7-4-2-6-10-9(7)8;1-2(3)4;1-2;;/h3-8,12H,1-2H2;1-6,11H;1H3,(H,3,4);1H;1H4;/q-1;;;-1;;+2/b6-4-;;;;;. The molecule has 3 N–H and O–H groups in total. The van der Waals surface area contributed by atoms with Crippen molar-refractivity contribution < 1.29 is 43.5 Å². The van der Waals surface area contributed by atoms with E-state index in [0.29, 0.717) is 11.1 Å². The molecule has 0 unspecified atom stereocenters. The van der Waals surface area contributed by atoms with Gasteiger partial charge < -0.3 is 20.1 Å². The summed E-state index contributed by atoms with van der Waals surface area (Å²) >= 11 is 0. The molecule has 0 aliphatic rings. The van der Waals surface area contributed by atoms with Crippen LogP contribution in [0.3, 0.4) is 0 Å². The van der Waals surface area contributed by atoms with Crippen molar-refractivity contribution >= 4 is 29.7 Å². The van der Waals surface area contributed by atoms with Gasteiger partial charge in [-0.3, -0.25) is 16.6 Å². The van der Waals surface area contributed by atoms with E-state index in [0.717, 1.165) is 17.9 Å². The van der Waals surface area contributed by atoms with E-state index in [1.807, 2.05) is 36.4 Å². The number of carboxylic acids is 1. The molecule has 1 aromatic heterocycles. The van der Waals surface area contributed by atoms with Crippen LogP contribution in [0.15, 0.2) is 73.5 Å². The minimum Gasteiger partial charge on any atom is -0.565 e. The molecular weight excluding hydrogens is 433 g/mol. The zero-order chi connectivity index (χ0) is 22.2. The van der Waals surface area contributed by atoms with E-state index in [4.69, 9.17) is 14.7 Å². The second-order valence-corrected chi connectivity index (χ2v) is 5.31. The monoisotopic (exact) mass is 460 g/mol. The number of carboxylic acid groups (broad SMARTS) is 1. The summed E-state index contributed by atoms with van der Waals surface area (Å²) in [7, 11) is 0. The number of carbonyl (C=O) groups excluding carboxylic acids is 1. The van der Waals surface area contributed by atoms with Crippen LogP contribution in [-0.2, 0) is 28.1 Å². The van der Waals surface area contributed by atoms with Gasteiger partial charge in [0.1, 0.15) is 11.3 Å². The van der Waals surface area contributed by atoms with Gasteiger partial charge in [-0.25, -0.2) is 0 Å². The van der Waals surface area contributed by atoms with E-state index in [1.54, 1.807) is 36.5 Å². The Bertz CT molecular complexity index is 948. The molecule has 0 fully saturated rings. The molecule has 2 aromatic carbocycles. The molecule has 0 amide bonds. The van der Waals surface area contributed by atoms with Crippen LogP contribution in [0.4, 0.5) is 0 Å². The van der Waals surface area contributed by atoms with Crippen LogP contribution in [0.1, 0.15) is 25.5 Å². The predicted molar refractivity (Wildman–Crippen MR) is 122 cm³/mol. The number of nitrogens with zero attached hydrogens (tertiary/aromatic N) is 1. The van der Waals surface area contributed by atoms with Crippen molar-refractivity contribution in [3.05, 3.63) is 91.5 Å². The second-order valence-electron chi connectivity index (χ2n) is 5.31. The molecule has 1 heterocycles. The van der Waals surface area contributed by atoms with Crippen LogP contribution in [0.5, 0.6) is 11.5 Å². The van der Waals surface area contributed by atoms with Gasteiger partial charge >= 0.3 is 18.6 Å². The quantitative estimate of drug-likeness (QED) is 0.277. The average molecular weight is 460 g/mol. The van der Waals surface area contributed by atoms with Gasteiger partial charge in [0.2, 0.25) is 0 Å².